The molecular weight excluding hydrogens is 397 g/mol. The summed E-state index contributed by atoms with van der Waals surface area (Å²) in [6.45, 7) is 2.13. The van der Waals surface area contributed by atoms with Crippen LogP contribution in [-0.2, 0) is 24.2 Å². The van der Waals surface area contributed by atoms with E-state index in [9.17, 15) is 4.79 Å². The lowest BCUT2D eigenvalue weighted by Gasteiger charge is -2.07. The third kappa shape index (κ3) is 6.05. The van der Waals surface area contributed by atoms with Crippen molar-refractivity contribution >= 4 is 16.9 Å². The molecule has 2 aromatic rings. The largest absolute Gasteiger partial charge is 1.00 e. The monoisotopic (exact) mass is 415 g/mol. The molecule has 0 saturated heterocycles. The highest BCUT2D eigenvalue weighted by Crippen LogP contribution is 2.16. The molecule has 1 aromatic heterocycles. The maximum Gasteiger partial charge on any atom is 0.195 e. The van der Waals surface area contributed by atoms with E-state index in [1.165, 1.54) is 11.8 Å². The Hall–Kier alpha value is -1.08. The second kappa shape index (κ2) is 9.04. The maximum absolute atomic E-state index is 11.0. The molecule has 1 aromatic carbocycles. The number of halogens is 1. The summed E-state index contributed by atoms with van der Waals surface area (Å²) in [6.07, 6.45) is 1.95. The van der Waals surface area contributed by atoms with Crippen molar-refractivity contribution in [3.05, 3.63) is 59.9 Å². The number of thioether (sulfide) groups is 1. The summed E-state index contributed by atoms with van der Waals surface area (Å²) in [4.78, 5) is 11.0. The first-order valence-electron chi connectivity index (χ1n) is 6.44. The zero-order valence-electron chi connectivity index (χ0n) is 12.1. The van der Waals surface area contributed by atoms with Crippen molar-refractivity contribution in [2.75, 3.05) is 0 Å². The quantitative estimate of drug-likeness (QED) is 0.504. The molecule has 0 aliphatic rings. The van der Waals surface area contributed by atoms with Crippen LogP contribution in [0.2, 0.25) is 0 Å². The van der Waals surface area contributed by atoms with Gasteiger partial charge < -0.3 is 28.7 Å². The van der Waals surface area contributed by atoms with Crippen LogP contribution in [0.1, 0.15) is 18.2 Å². The SMILES string of the molecule is CC(=O)SCc1cc(OCc2ccccc2)cc[n+]1C.[I-]. The van der Waals surface area contributed by atoms with Crippen LogP contribution in [0.15, 0.2) is 48.7 Å². The van der Waals surface area contributed by atoms with Crippen LogP contribution in [0, 0.1) is 0 Å². The zero-order valence-corrected chi connectivity index (χ0v) is 15.1. The van der Waals surface area contributed by atoms with Crippen LogP contribution in [-0.4, -0.2) is 5.12 Å². The van der Waals surface area contributed by atoms with E-state index in [2.05, 4.69) is 0 Å². The van der Waals surface area contributed by atoms with Gasteiger partial charge in [-0.05, 0) is 5.56 Å². The molecular formula is C16H18INO2S. The van der Waals surface area contributed by atoms with Crippen LogP contribution in [0.4, 0.5) is 0 Å². The van der Waals surface area contributed by atoms with E-state index in [0.717, 1.165) is 17.0 Å². The number of ether oxygens (including phenoxy) is 1. The first-order chi connectivity index (χ1) is 9.65. The molecule has 0 N–H and O–H groups in total. The summed E-state index contributed by atoms with van der Waals surface area (Å²) < 4.78 is 7.79. The molecule has 0 atom stereocenters. The van der Waals surface area contributed by atoms with Crippen LogP contribution in [0.5, 0.6) is 5.75 Å². The van der Waals surface area contributed by atoms with Crippen LogP contribution in [0.3, 0.4) is 0 Å². The number of nitrogens with zero attached hydrogens (tertiary/aromatic N) is 1. The summed E-state index contributed by atoms with van der Waals surface area (Å²) in [5.41, 5.74) is 2.20. The van der Waals surface area contributed by atoms with Gasteiger partial charge in [-0.25, -0.2) is 4.57 Å². The average molecular weight is 415 g/mol. The predicted octanol–water partition coefficient (Wildman–Crippen LogP) is -0.126. The van der Waals surface area contributed by atoms with E-state index >= 15 is 0 Å². The summed E-state index contributed by atoms with van der Waals surface area (Å²) in [5, 5.41) is 0.126. The molecule has 112 valence electrons. The minimum Gasteiger partial charge on any atom is -1.00 e. The number of aryl methyl sites for hydroxylation is 1. The van der Waals surface area contributed by atoms with Crippen molar-refractivity contribution in [2.24, 2.45) is 7.05 Å². The summed E-state index contributed by atoms with van der Waals surface area (Å²) in [7, 11) is 1.97. The van der Waals surface area contributed by atoms with Gasteiger partial charge >= 0.3 is 0 Å². The zero-order chi connectivity index (χ0) is 14.4. The number of hydrogen-bond donors (Lipinski definition) is 0. The minimum absolute atomic E-state index is 0. The second-order valence-corrected chi connectivity index (χ2v) is 5.67. The van der Waals surface area contributed by atoms with Crippen molar-refractivity contribution < 1.29 is 38.1 Å². The van der Waals surface area contributed by atoms with E-state index in [1.807, 2.05) is 60.3 Å². The molecule has 0 spiro atoms. The van der Waals surface area contributed by atoms with Gasteiger partial charge in [-0.3, -0.25) is 4.79 Å². The number of carbonyl (C=O) groups excluding carboxylic acids is 1. The Morgan fingerprint density at radius 1 is 1.24 bits per heavy atom. The molecule has 0 unspecified atom stereocenters. The molecule has 0 radical (unpaired) electrons. The van der Waals surface area contributed by atoms with E-state index in [1.54, 1.807) is 6.92 Å². The highest BCUT2D eigenvalue weighted by molar-refractivity contribution is 8.12. The van der Waals surface area contributed by atoms with Crippen molar-refractivity contribution in [1.82, 2.24) is 0 Å². The molecule has 0 aliphatic heterocycles. The molecule has 1 heterocycles. The molecule has 3 nitrogen and oxygen atoms in total. The Balaban J connectivity index is 0.00000220. The van der Waals surface area contributed by atoms with Gasteiger partial charge in [0.2, 0.25) is 0 Å². The topological polar surface area (TPSA) is 30.2 Å². The Morgan fingerprint density at radius 3 is 2.62 bits per heavy atom. The lowest BCUT2D eigenvalue weighted by molar-refractivity contribution is -0.678. The Bertz CT molecular complexity index is 590. The smallest absolute Gasteiger partial charge is 0.195 e. The normalized spacial score (nSPS) is 9.81. The van der Waals surface area contributed by atoms with E-state index in [4.69, 9.17) is 4.74 Å². The van der Waals surface area contributed by atoms with E-state index in [-0.39, 0.29) is 29.1 Å². The molecule has 0 amide bonds. The van der Waals surface area contributed by atoms with E-state index < -0.39 is 0 Å². The standard InChI is InChI=1S/C16H18NO2S.HI/c1-13(18)20-12-15-10-16(8-9-17(15)2)19-11-14-6-4-3-5-7-14;/h3-10H,11-12H2,1-2H3;1H/q+1;/p-1. The van der Waals surface area contributed by atoms with Gasteiger partial charge in [0, 0.05) is 19.1 Å². The summed E-state index contributed by atoms with van der Waals surface area (Å²) >= 11 is 1.31. The Kier molecular flexibility index (Phi) is 7.74. The fourth-order valence-electron chi connectivity index (χ4n) is 1.74. The average Bonchev–Trinajstić information content (AvgIpc) is 2.46. The number of carbonyl (C=O) groups is 1. The molecule has 0 aliphatic carbocycles. The highest BCUT2D eigenvalue weighted by Gasteiger charge is 2.10. The molecule has 5 heteroatoms. The number of benzene rings is 1. The van der Waals surface area contributed by atoms with Gasteiger partial charge in [-0.1, -0.05) is 42.1 Å². The van der Waals surface area contributed by atoms with Gasteiger partial charge in [0.05, 0.1) is 5.75 Å². The van der Waals surface area contributed by atoms with Crippen LogP contribution >= 0.6 is 11.8 Å². The van der Waals surface area contributed by atoms with Gasteiger partial charge in [-0.2, -0.15) is 0 Å². The lowest BCUT2D eigenvalue weighted by Crippen LogP contribution is -3.00. The van der Waals surface area contributed by atoms with E-state index in [0.29, 0.717) is 12.4 Å². The van der Waals surface area contributed by atoms with Crippen molar-refractivity contribution in [3.63, 3.8) is 0 Å². The fraction of sp³-hybridized carbons (Fsp3) is 0.250. The third-order valence-electron chi connectivity index (χ3n) is 2.90. The van der Waals surface area contributed by atoms with Crippen molar-refractivity contribution in [1.29, 1.82) is 0 Å². The molecule has 0 fully saturated rings. The molecule has 21 heavy (non-hydrogen) atoms. The third-order valence-corrected chi connectivity index (χ3v) is 3.74. The van der Waals surface area contributed by atoms with Crippen LogP contribution in [0.25, 0.3) is 0 Å². The molecule has 0 saturated carbocycles. The Morgan fingerprint density at radius 2 is 1.95 bits per heavy atom. The van der Waals surface area contributed by atoms with Gasteiger partial charge in [-0.15, -0.1) is 0 Å². The molecule has 0 bridgehead atoms. The summed E-state index contributed by atoms with van der Waals surface area (Å²) in [6, 6.07) is 14.0. The number of aromatic nitrogens is 1. The maximum atomic E-state index is 11.0. The number of rotatable bonds is 5. The first kappa shape index (κ1) is 18.0. The van der Waals surface area contributed by atoms with Gasteiger partial charge in [0.1, 0.15) is 19.4 Å². The van der Waals surface area contributed by atoms with Crippen molar-refractivity contribution in [3.8, 4) is 5.75 Å². The number of pyridine rings is 1. The lowest BCUT2D eigenvalue weighted by atomic mass is 10.2. The first-order valence-corrected chi connectivity index (χ1v) is 7.42. The van der Waals surface area contributed by atoms with Gasteiger partial charge in [0.25, 0.3) is 0 Å². The molecule has 2 rings (SSSR count). The predicted molar refractivity (Wildman–Crippen MR) is 80.4 cm³/mol. The van der Waals surface area contributed by atoms with Crippen LogP contribution < -0.4 is 33.3 Å². The van der Waals surface area contributed by atoms with Crippen molar-refractivity contribution in [2.45, 2.75) is 19.3 Å². The highest BCUT2D eigenvalue weighted by atomic mass is 127. The summed E-state index contributed by atoms with van der Waals surface area (Å²) in [5.74, 6) is 1.49. The Labute approximate surface area is 146 Å². The fourth-order valence-corrected chi connectivity index (χ4v) is 2.38. The number of hydrogen-bond acceptors (Lipinski definition) is 3. The van der Waals surface area contributed by atoms with Gasteiger partial charge in [0.15, 0.2) is 17.0 Å². The minimum atomic E-state index is 0. The second-order valence-electron chi connectivity index (χ2n) is 4.52.